The molecule has 1 fully saturated rings. The van der Waals surface area contributed by atoms with E-state index in [0.29, 0.717) is 25.0 Å². The molecule has 0 aliphatic carbocycles. The SMILES string of the molecule is O=C(Nc1ccc(N2CCOCC2)nc1)c1ccc(F)c(F)c1F. The van der Waals surface area contributed by atoms with E-state index in [2.05, 4.69) is 10.3 Å². The standard InChI is InChI=1S/C16H14F3N3O2/c17-12-3-2-11(14(18)15(12)19)16(23)21-10-1-4-13(20-9-10)22-5-7-24-8-6-22/h1-4,9H,5-8H2,(H,21,23). The van der Waals surface area contributed by atoms with Gasteiger partial charge in [-0.15, -0.1) is 0 Å². The van der Waals surface area contributed by atoms with Gasteiger partial charge in [-0.3, -0.25) is 4.79 Å². The largest absolute Gasteiger partial charge is 0.378 e. The summed E-state index contributed by atoms with van der Waals surface area (Å²) in [6.07, 6.45) is 1.42. The Morgan fingerprint density at radius 1 is 1.08 bits per heavy atom. The van der Waals surface area contributed by atoms with Crippen molar-refractivity contribution in [3.63, 3.8) is 0 Å². The maximum Gasteiger partial charge on any atom is 0.258 e. The molecule has 2 heterocycles. The van der Waals surface area contributed by atoms with Crippen LogP contribution in [0.15, 0.2) is 30.5 Å². The van der Waals surface area contributed by atoms with Crippen molar-refractivity contribution in [2.24, 2.45) is 0 Å². The second kappa shape index (κ2) is 6.88. The number of aromatic nitrogens is 1. The lowest BCUT2D eigenvalue weighted by molar-refractivity contribution is 0.102. The van der Waals surface area contributed by atoms with E-state index in [1.807, 2.05) is 4.90 Å². The van der Waals surface area contributed by atoms with Gasteiger partial charge in [0.2, 0.25) is 0 Å². The molecule has 1 aliphatic rings. The van der Waals surface area contributed by atoms with E-state index >= 15 is 0 Å². The first-order valence-corrected chi connectivity index (χ1v) is 7.30. The molecule has 1 aromatic heterocycles. The monoisotopic (exact) mass is 337 g/mol. The van der Waals surface area contributed by atoms with Gasteiger partial charge < -0.3 is 15.0 Å². The van der Waals surface area contributed by atoms with Crippen molar-refractivity contribution in [3.05, 3.63) is 53.5 Å². The second-order valence-corrected chi connectivity index (χ2v) is 5.18. The fourth-order valence-corrected chi connectivity index (χ4v) is 2.34. The molecule has 2 aromatic rings. The number of halogens is 3. The van der Waals surface area contributed by atoms with Crippen LogP contribution in [0.4, 0.5) is 24.7 Å². The van der Waals surface area contributed by atoms with E-state index in [1.165, 1.54) is 6.20 Å². The zero-order valence-corrected chi connectivity index (χ0v) is 12.6. The van der Waals surface area contributed by atoms with Crippen LogP contribution in [-0.2, 0) is 4.74 Å². The van der Waals surface area contributed by atoms with Crippen LogP contribution in [-0.4, -0.2) is 37.2 Å². The Hall–Kier alpha value is -2.61. The molecule has 0 spiro atoms. The molecule has 0 saturated carbocycles. The maximum absolute atomic E-state index is 13.6. The minimum Gasteiger partial charge on any atom is -0.378 e. The summed E-state index contributed by atoms with van der Waals surface area (Å²) < 4.78 is 45.0. The van der Waals surface area contributed by atoms with Crippen LogP contribution in [0.1, 0.15) is 10.4 Å². The molecule has 0 unspecified atom stereocenters. The Bertz CT molecular complexity index is 747. The van der Waals surface area contributed by atoms with Crippen LogP contribution < -0.4 is 10.2 Å². The molecule has 126 valence electrons. The number of ether oxygens (including phenoxy) is 1. The molecule has 0 radical (unpaired) electrons. The predicted octanol–water partition coefficient (Wildman–Crippen LogP) is 2.59. The number of hydrogen-bond acceptors (Lipinski definition) is 4. The molecule has 1 saturated heterocycles. The third-order valence-corrected chi connectivity index (χ3v) is 3.62. The smallest absolute Gasteiger partial charge is 0.258 e. The fraction of sp³-hybridized carbons (Fsp3) is 0.250. The second-order valence-electron chi connectivity index (χ2n) is 5.18. The lowest BCUT2D eigenvalue weighted by Crippen LogP contribution is -2.36. The minimum atomic E-state index is -1.68. The lowest BCUT2D eigenvalue weighted by atomic mass is 10.2. The first-order valence-electron chi connectivity index (χ1n) is 7.30. The molecular formula is C16H14F3N3O2. The van der Waals surface area contributed by atoms with Gasteiger partial charge in [0.25, 0.3) is 5.91 Å². The van der Waals surface area contributed by atoms with Gasteiger partial charge in [0, 0.05) is 13.1 Å². The van der Waals surface area contributed by atoms with Gasteiger partial charge in [0.15, 0.2) is 17.5 Å². The number of nitrogens with one attached hydrogen (secondary N) is 1. The molecule has 3 rings (SSSR count). The molecule has 1 aromatic carbocycles. The number of carbonyl (C=O) groups is 1. The van der Waals surface area contributed by atoms with E-state index in [0.717, 1.165) is 25.0 Å². The third-order valence-electron chi connectivity index (χ3n) is 3.62. The quantitative estimate of drug-likeness (QED) is 0.875. The van der Waals surface area contributed by atoms with Gasteiger partial charge in [-0.1, -0.05) is 0 Å². The van der Waals surface area contributed by atoms with E-state index < -0.39 is 28.9 Å². The van der Waals surface area contributed by atoms with Crippen molar-refractivity contribution in [3.8, 4) is 0 Å². The number of hydrogen-bond donors (Lipinski definition) is 1. The van der Waals surface area contributed by atoms with Gasteiger partial charge in [0.1, 0.15) is 5.82 Å². The number of morpholine rings is 1. The van der Waals surface area contributed by atoms with Gasteiger partial charge >= 0.3 is 0 Å². The van der Waals surface area contributed by atoms with Crippen LogP contribution in [0.2, 0.25) is 0 Å². The molecule has 24 heavy (non-hydrogen) atoms. The Balaban J connectivity index is 1.72. The highest BCUT2D eigenvalue weighted by atomic mass is 19.2. The third kappa shape index (κ3) is 3.33. The zero-order valence-electron chi connectivity index (χ0n) is 12.6. The van der Waals surface area contributed by atoms with Crippen LogP contribution in [0.5, 0.6) is 0 Å². The molecule has 1 aliphatic heterocycles. The maximum atomic E-state index is 13.6. The Morgan fingerprint density at radius 2 is 1.83 bits per heavy atom. The molecular weight excluding hydrogens is 323 g/mol. The first kappa shape index (κ1) is 16.3. The molecule has 0 atom stereocenters. The van der Waals surface area contributed by atoms with Gasteiger partial charge in [-0.2, -0.15) is 0 Å². The Morgan fingerprint density at radius 3 is 2.50 bits per heavy atom. The summed E-state index contributed by atoms with van der Waals surface area (Å²) in [7, 11) is 0. The molecule has 5 nitrogen and oxygen atoms in total. The number of amides is 1. The average Bonchev–Trinajstić information content (AvgIpc) is 2.61. The summed E-state index contributed by atoms with van der Waals surface area (Å²) >= 11 is 0. The number of benzene rings is 1. The van der Waals surface area contributed by atoms with Crippen molar-refractivity contribution in [2.75, 3.05) is 36.5 Å². The van der Waals surface area contributed by atoms with E-state index in [4.69, 9.17) is 4.74 Å². The van der Waals surface area contributed by atoms with Crippen molar-refractivity contribution in [2.45, 2.75) is 0 Å². The molecule has 1 amide bonds. The highest BCUT2D eigenvalue weighted by Crippen LogP contribution is 2.19. The van der Waals surface area contributed by atoms with Crippen molar-refractivity contribution in [1.82, 2.24) is 4.98 Å². The van der Waals surface area contributed by atoms with Gasteiger partial charge in [0.05, 0.1) is 30.7 Å². The Kier molecular flexibility index (Phi) is 4.66. The summed E-state index contributed by atoms with van der Waals surface area (Å²) in [6, 6.07) is 4.90. The zero-order chi connectivity index (χ0) is 17.1. The number of anilines is 2. The Labute approximate surface area is 136 Å². The lowest BCUT2D eigenvalue weighted by Gasteiger charge is -2.27. The van der Waals surface area contributed by atoms with E-state index in [-0.39, 0.29) is 0 Å². The summed E-state index contributed by atoms with van der Waals surface area (Å²) in [5, 5.41) is 2.40. The summed E-state index contributed by atoms with van der Waals surface area (Å²) in [4.78, 5) is 18.3. The summed E-state index contributed by atoms with van der Waals surface area (Å²) in [6.45, 7) is 2.68. The van der Waals surface area contributed by atoms with Crippen molar-refractivity contribution < 1.29 is 22.7 Å². The highest BCUT2D eigenvalue weighted by molar-refractivity contribution is 6.04. The predicted molar refractivity (Wildman–Crippen MR) is 81.5 cm³/mol. The van der Waals surface area contributed by atoms with Crippen LogP contribution in [0.25, 0.3) is 0 Å². The van der Waals surface area contributed by atoms with Gasteiger partial charge in [-0.05, 0) is 24.3 Å². The number of carbonyl (C=O) groups excluding carboxylic acids is 1. The summed E-state index contributed by atoms with van der Waals surface area (Å²) in [5.41, 5.74) is -0.257. The van der Waals surface area contributed by atoms with Crippen molar-refractivity contribution in [1.29, 1.82) is 0 Å². The highest BCUT2D eigenvalue weighted by Gasteiger charge is 2.19. The minimum absolute atomic E-state index is 0.321. The van der Waals surface area contributed by atoms with E-state index in [9.17, 15) is 18.0 Å². The van der Waals surface area contributed by atoms with Crippen molar-refractivity contribution >= 4 is 17.4 Å². The topological polar surface area (TPSA) is 54.5 Å². The average molecular weight is 337 g/mol. The van der Waals surface area contributed by atoms with Gasteiger partial charge in [-0.25, -0.2) is 18.2 Å². The first-order chi connectivity index (χ1) is 11.6. The number of rotatable bonds is 3. The molecule has 1 N–H and O–H groups in total. The van der Waals surface area contributed by atoms with Crippen LogP contribution in [0.3, 0.4) is 0 Å². The molecule has 8 heteroatoms. The number of nitrogens with zero attached hydrogens (tertiary/aromatic N) is 2. The normalized spacial score (nSPS) is 14.5. The van der Waals surface area contributed by atoms with Crippen LogP contribution >= 0.6 is 0 Å². The fourth-order valence-electron chi connectivity index (χ4n) is 2.34. The molecule has 0 bridgehead atoms. The summed E-state index contributed by atoms with van der Waals surface area (Å²) in [5.74, 6) is -4.70. The number of pyridine rings is 1. The van der Waals surface area contributed by atoms with Crippen LogP contribution in [0, 0.1) is 17.5 Å². The van der Waals surface area contributed by atoms with E-state index in [1.54, 1.807) is 12.1 Å².